The number of amides is 2. The molecule has 0 saturated carbocycles. The number of hydrogen-bond acceptors (Lipinski definition) is 12. The number of carbonyl (C=O) groups excluding carboxylic acids is 3. The molecular weight excluding hydrogens is 909 g/mol. The van der Waals surface area contributed by atoms with Gasteiger partial charge >= 0.3 is 0 Å². The number of nitrogens with zero attached hydrogens (tertiary/aromatic N) is 6. The van der Waals surface area contributed by atoms with Crippen molar-refractivity contribution in [3.05, 3.63) is 176 Å². The first-order valence-corrected chi connectivity index (χ1v) is 23.0. The van der Waals surface area contributed by atoms with Crippen molar-refractivity contribution in [3.8, 4) is 0 Å². The van der Waals surface area contributed by atoms with Crippen molar-refractivity contribution in [2.45, 2.75) is 36.4 Å². The molecule has 0 saturated heterocycles. The Hall–Kier alpha value is -6.57. The number of carbonyl (C=O) groups is 3. The zero-order valence-corrected chi connectivity index (χ0v) is 37.8. The van der Waals surface area contributed by atoms with Gasteiger partial charge in [-0.05, 0) is 61.5 Å². The lowest BCUT2D eigenvalue weighted by Crippen LogP contribution is -2.55. The molecule has 4 atom stereocenters. The summed E-state index contributed by atoms with van der Waals surface area (Å²) in [5.41, 5.74) is 9.39. The zero-order valence-electron chi connectivity index (χ0n) is 36.2. The van der Waals surface area contributed by atoms with Gasteiger partial charge in [-0.2, -0.15) is 10.2 Å². The molecule has 4 aliphatic heterocycles. The van der Waals surface area contributed by atoms with Crippen LogP contribution >= 0.6 is 23.5 Å². The highest BCUT2D eigenvalue weighted by molar-refractivity contribution is 8.15. The van der Waals surface area contributed by atoms with Gasteiger partial charge in [-0.25, -0.2) is 27.6 Å². The molecule has 5 aromatic carbocycles. The highest BCUT2D eigenvalue weighted by atomic mass is 32.2. The Balaban J connectivity index is 0.000000192. The molecule has 3 N–H and O–H groups in total. The van der Waals surface area contributed by atoms with Gasteiger partial charge in [0.15, 0.2) is 5.78 Å². The van der Waals surface area contributed by atoms with E-state index in [0.717, 1.165) is 59.4 Å². The molecule has 0 aliphatic carbocycles. The number of nitro groups is 1. The number of rotatable bonds is 10. The summed E-state index contributed by atoms with van der Waals surface area (Å²) >= 11 is 2.37. The zero-order chi connectivity index (χ0) is 47.6. The molecule has 346 valence electrons. The third kappa shape index (κ3) is 8.90. The average molecular weight is 953 g/mol. The lowest BCUT2D eigenvalue weighted by atomic mass is 9.83. The van der Waals surface area contributed by atoms with Crippen molar-refractivity contribution >= 4 is 62.6 Å². The summed E-state index contributed by atoms with van der Waals surface area (Å²) in [6.45, 7) is 3.62. The number of fused-ring (bicyclic) bond motifs is 4. The summed E-state index contributed by atoms with van der Waals surface area (Å²) in [5, 5.41) is 26.8. The third-order valence-corrected chi connectivity index (χ3v) is 15.1. The van der Waals surface area contributed by atoms with E-state index < -0.39 is 49.8 Å². The van der Waals surface area contributed by atoms with E-state index >= 15 is 0 Å². The highest BCUT2D eigenvalue weighted by Gasteiger charge is 2.58. The van der Waals surface area contributed by atoms with E-state index in [1.54, 1.807) is 42.5 Å². The van der Waals surface area contributed by atoms with Gasteiger partial charge in [-0.3, -0.25) is 24.5 Å². The third-order valence-electron chi connectivity index (χ3n) is 12.1. The lowest BCUT2D eigenvalue weighted by molar-refractivity contribution is -0.482. The van der Waals surface area contributed by atoms with Crippen LogP contribution in [0.5, 0.6) is 0 Å². The van der Waals surface area contributed by atoms with Crippen molar-refractivity contribution in [1.29, 1.82) is 0 Å². The summed E-state index contributed by atoms with van der Waals surface area (Å²) in [6.07, 6.45) is 0.703. The van der Waals surface area contributed by atoms with Crippen molar-refractivity contribution in [3.63, 3.8) is 0 Å². The topological polar surface area (TPSA) is 167 Å². The van der Waals surface area contributed by atoms with E-state index in [2.05, 4.69) is 15.5 Å². The number of nitrogens with two attached hydrogens (primary N) is 1. The lowest BCUT2D eigenvalue weighted by Gasteiger charge is -2.49. The highest BCUT2D eigenvalue weighted by Crippen LogP contribution is 2.59. The number of anilines is 2. The number of ketones is 1. The first kappa shape index (κ1) is 46.9. The van der Waals surface area contributed by atoms with Gasteiger partial charge in [0, 0.05) is 89.3 Å². The monoisotopic (exact) mass is 952 g/mol. The van der Waals surface area contributed by atoms with Crippen LogP contribution in [0.15, 0.2) is 125 Å². The molecule has 2 amide bonds. The maximum Gasteiger partial charge on any atom is 0.241 e. The smallest absolute Gasteiger partial charge is 0.241 e. The van der Waals surface area contributed by atoms with E-state index in [1.165, 1.54) is 35.6 Å². The Bertz CT molecular complexity index is 2820. The van der Waals surface area contributed by atoms with Crippen LogP contribution in [0.4, 0.5) is 28.9 Å². The fourth-order valence-corrected chi connectivity index (χ4v) is 12.3. The number of Topliss-reactive ketones (excluding diaryl/α,β-unsaturated/α-hetero) is 1. The number of para-hydroxylation sites is 2. The van der Waals surface area contributed by atoms with E-state index in [4.69, 9.17) is 5.73 Å². The molecule has 0 aromatic heterocycles. The molecule has 19 heteroatoms. The van der Waals surface area contributed by atoms with Gasteiger partial charge in [0.25, 0.3) is 0 Å². The number of hydrogen-bond donors (Lipinski definition) is 2. The van der Waals surface area contributed by atoms with Crippen LogP contribution in [0.25, 0.3) is 0 Å². The Labute approximate surface area is 391 Å². The fourth-order valence-electron chi connectivity index (χ4n) is 9.14. The molecule has 4 heterocycles. The van der Waals surface area contributed by atoms with Crippen LogP contribution in [0.2, 0.25) is 0 Å². The molecule has 2 spiro atoms. The summed E-state index contributed by atoms with van der Waals surface area (Å²) in [7, 11) is 0. The minimum absolute atomic E-state index is 0.0169. The molecule has 0 fully saturated rings. The Morgan fingerprint density at radius 3 is 1.85 bits per heavy atom. The molecule has 67 heavy (non-hydrogen) atoms. The van der Waals surface area contributed by atoms with Gasteiger partial charge in [0.1, 0.15) is 43.1 Å². The summed E-state index contributed by atoms with van der Waals surface area (Å²) in [5.74, 6) is -3.98. The Morgan fingerprint density at radius 2 is 1.28 bits per heavy atom. The Kier molecular flexibility index (Phi) is 13.5. The SMILES string of the molecule is CC(=O)N1N=C(c2cc(F)ccc2F)SC12c1ccccc1N(CC(=O)c1ccccc1)CC2CC[N+](=O)[O-].CC(=O)N1N=C(c2cc(F)ccc2F)SC12c1ccccc1NCC2CCN. The molecule has 0 bridgehead atoms. The largest absolute Gasteiger partial charge is 0.384 e. The second-order valence-corrected chi connectivity index (χ2v) is 18.7. The van der Waals surface area contributed by atoms with Crippen LogP contribution in [0.3, 0.4) is 0 Å². The van der Waals surface area contributed by atoms with Crippen LogP contribution in [0.1, 0.15) is 59.3 Å². The van der Waals surface area contributed by atoms with Crippen molar-refractivity contribution in [2.75, 3.05) is 42.9 Å². The molecule has 9 rings (SSSR count). The van der Waals surface area contributed by atoms with Crippen molar-refractivity contribution in [2.24, 2.45) is 27.8 Å². The van der Waals surface area contributed by atoms with Gasteiger partial charge in [-0.15, -0.1) is 0 Å². The first-order chi connectivity index (χ1) is 32.2. The van der Waals surface area contributed by atoms with Crippen molar-refractivity contribution in [1.82, 2.24) is 10.0 Å². The second kappa shape index (κ2) is 19.3. The fraction of sp³-hybridized carbons (Fsp3) is 0.271. The summed E-state index contributed by atoms with van der Waals surface area (Å²) in [6, 6.07) is 29.9. The predicted octanol–water partition coefficient (Wildman–Crippen LogP) is 8.53. The molecule has 0 radical (unpaired) electrons. The summed E-state index contributed by atoms with van der Waals surface area (Å²) < 4.78 is 57.2. The number of nitrogens with one attached hydrogen (secondary N) is 1. The normalized spacial score (nSPS) is 21.4. The van der Waals surface area contributed by atoms with E-state index in [-0.39, 0.29) is 64.9 Å². The summed E-state index contributed by atoms with van der Waals surface area (Å²) in [4.78, 5) is 49.5. The maximum atomic E-state index is 14.8. The van der Waals surface area contributed by atoms with Crippen LogP contribution in [-0.2, 0) is 19.3 Å². The van der Waals surface area contributed by atoms with Gasteiger partial charge in [-0.1, -0.05) is 90.3 Å². The van der Waals surface area contributed by atoms with Crippen LogP contribution in [-0.4, -0.2) is 75.3 Å². The Morgan fingerprint density at radius 1 is 0.746 bits per heavy atom. The number of thioether (sulfide) groups is 2. The quantitative estimate of drug-likeness (QED) is 0.0600. The maximum absolute atomic E-state index is 14.8. The molecule has 13 nitrogen and oxygen atoms in total. The van der Waals surface area contributed by atoms with E-state index in [1.807, 2.05) is 41.3 Å². The van der Waals surface area contributed by atoms with E-state index in [0.29, 0.717) is 36.3 Å². The van der Waals surface area contributed by atoms with Crippen LogP contribution in [0, 0.1) is 45.2 Å². The van der Waals surface area contributed by atoms with E-state index in [9.17, 15) is 42.1 Å². The van der Waals surface area contributed by atoms with Crippen LogP contribution < -0.4 is 16.0 Å². The standard InChI is InChI=1S/C28H24F2N4O4S.C20H20F2N4OS/c1-18(35)34-28(39-27(31-34)22-15-21(29)11-12-24(22)30)20(13-14-33(37)38)16-32(25-10-6-5-9-23(25)28)17-26(36)19-7-3-2-4-8-19;1-12(27)26-20(28-19(25-26)15-10-14(21)6-7-17(15)22)13(8-9-23)11-24-18-5-3-2-4-16(18)20/h2-12,15,20H,13-14,16-17H2,1H3;2-7,10,13,24H,8-9,11,23H2,1H3. The average Bonchev–Trinajstić information content (AvgIpc) is 3.92. The van der Waals surface area contributed by atoms with Gasteiger partial charge in [0.05, 0.1) is 6.54 Å². The number of hydrazone groups is 2. The van der Waals surface area contributed by atoms with Gasteiger partial charge in [0.2, 0.25) is 18.4 Å². The minimum Gasteiger partial charge on any atom is -0.384 e. The molecular formula is C48H44F4N8O5S2. The second-order valence-electron chi connectivity index (χ2n) is 16.2. The number of benzene rings is 5. The first-order valence-electron chi connectivity index (χ1n) is 21.3. The van der Waals surface area contributed by atoms with Gasteiger partial charge < -0.3 is 16.0 Å². The predicted molar refractivity (Wildman–Crippen MR) is 251 cm³/mol. The molecule has 4 aliphatic rings. The minimum atomic E-state index is -1.27. The molecule has 4 unspecified atom stereocenters. The van der Waals surface area contributed by atoms with Crippen molar-refractivity contribution < 1.29 is 36.9 Å². The molecule has 5 aromatic rings. The number of halogens is 4.